The number of carboxylic acid groups (broad SMARTS) is 1. The van der Waals surface area contributed by atoms with Crippen molar-refractivity contribution in [3.05, 3.63) is 46.5 Å². The van der Waals surface area contributed by atoms with E-state index < -0.39 is 5.97 Å². The number of rotatable bonds is 2. The van der Waals surface area contributed by atoms with Crippen LogP contribution in [-0.2, 0) is 0 Å². The van der Waals surface area contributed by atoms with Crippen LogP contribution in [0.3, 0.4) is 0 Å². The number of hydrogen-bond acceptors (Lipinski definition) is 6. The van der Waals surface area contributed by atoms with Crippen LogP contribution in [0.2, 0.25) is 10.3 Å². The van der Waals surface area contributed by atoms with Crippen molar-refractivity contribution in [3.63, 3.8) is 0 Å². The third-order valence-corrected chi connectivity index (χ3v) is 2.31. The summed E-state index contributed by atoms with van der Waals surface area (Å²) >= 11 is 10.8. The minimum Gasteiger partial charge on any atom is -0.476 e. The van der Waals surface area contributed by atoms with Gasteiger partial charge >= 0.3 is 5.97 Å². The van der Waals surface area contributed by atoms with E-state index >= 15 is 0 Å². The number of nitrogens with one attached hydrogen (secondary N) is 1. The fourth-order valence-corrected chi connectivity index (χ4v) is 1.18. The quantitative estimate of drug-likeness (QED) is 0.852. The minimum atomic E-state index is -1.11. The third kappa shape index (κ3) is 5.67. The second kappa shape index (κ2) is 8.08. The Balaban J connectivity index is 0.000000211. The predicted molar refractivity (Wildman–Crippen MR) is 74.4 cm³/mol. The lowest BCUT2D eigenvalue weighted by Crippen LogP contribution is -2.19. The molecule has 0 fully saturated rings. The molecule has 2 rings (SSSR count). The normalized spacial score (nSPS) is 9.29. The highest BCUT2D eigenvalue weighted by molar-refractivity contribution is 6.29. The van der Waals surface area contributed by atoms with E-state index in [-0.39, 0.29) is 27.6 Å². The van der Waals surface area contributed by atoms with Crippen molar-refractivity contribution in [1.29, 1.82) is 0 Å². The molecule has 0 unspecified atom stereocenters. The standard InChI is InChI=1S/C6H6ClN3O.C5H3ClN2O2/c1-8-6(11)4-2-10-5(7)3-9-4;6-4-2-7-3(1-8-4)5(9)10/h2-3H,1H3,(H,8,11);1-2H,(H,9,10). The third-order valence-electron chi connectivity index (χ3n) is 1.92. The highest BCUT2D eigenvalue weighted by atomic mass is 35.5. The summed E-state index contributed by atoms with van der Waals surface area (Å²) < 4.78 is 0. The molecule has 1 amide bonds. The Bertz CT molecular complexity index is 619. The maximum Gasteiger partial charge on any atom is 0.356 e. The van der Waals surface area contributed by atoms with Crippen LogP contribution >= 0.6 is 23.2 Å². The Morgan fingerprint density at radius 3 is 1.76 bits per heavy atom. The Labute approximate surface area is 129 Å². The summed E-state index contributed by atoms with van der Waals surface area (Å²) in [5.41, 5.74) is 0.154. The number of carbonyl (C=O) groups is 2. The summed E-state index contributed by atoms with van der Waals surface area (Å²) in [6.45, 7) is 0. The van der Waals surface area contributed by atoms with Crippen molar-refractivity contribution in [2.45, 2.75) is 0 Å². The van der Waals surface area contributed by atoms with E-state index in [1.165, 1.54) is 25.6 Å². The van der Waals surface area contributed by atoms with Gasteiger partial charge in [-0.3, -0.25) is 4.79 Å². The second-order valence-corrected chi connectivity index (χ2v) is 4.11. The van der Waals surface area contributed by atoms with Crippen LogP contribution < -0.4 is 5.32 Å². The molecule has 21 heavy (non-hydrogen) atoms. The summed E-state index contributed by atoms with van der Waals surface area (Å²) in [6.07, 6.45) is 4.93. The summed E-state index contributed by atoms with van der Waals surface area (Å²) in [7, 11) is 1.53. The van der Waals surface area contributed by atoms with Gasteiger partial charge in [0, 0.05) is 7.05 Å². The largest absolute Gasteiger partial charge is 0.476 e. The molecule has 0 spiro atoms. The SMILES string of the molecule is CNC(=O)c1cnc(Cl)cn1.O=C(O)c1cnc(Cl)cn1. The number of hydrogen-bond donors (Lipinski definition) is 2. The highest BCUT2D eigenvalue weighted by Gasteiger charge is 2.03. The highest BCUT2D eigenvalue weighted by Crippen LogP contribution is 2.01. The topological polar surface area (TPSA) is 118 Å². The lowest BCUT2D eigenvalue weighted by Gasteiger charge is -1.95. The lowest BCUT2D eigenvalue weighted by molar-refractivity contribution is 0.0689. The maximum absolute atomic E-state index is 10.9. The lowest BCUT2D eigenvalue weighted by atomic mass is 10.4. The molecule has 2 N–H and O–H groups in total. The van der Waals surface area contributed by atoms with Crippen molar-refractivity contribution in [1.82, 2.24) is 25.3 Å². The summed E-state index contributed by atoms with van der Waals surface area (Å²) in [5.74, 6) is -1.38. The molecule has 2 heterocycles. The van der Waals surface area contributed by atoms with Gasteiger partial charge in [0.05, 0.1) is 24.8 Å². The molecule has 2 aromatic rings. The molecule has 8 nitrogen and oxygen atoms in total. The molecule has 0 aliphatic rings. The molecule has 0 atom stereocenters. The van der Waals surface area contributed by atoms with Crippen LogP contribution in [-0.4, -0.2) is 44.0 Å². The van der Waals surface area contributed by atoms with Crippen LogP contribution in [0.5, 0.6) is 0 Å². The Morgan fingerprint density at radius 1 is 0.952 bits per heavy atom. The Hall–Kier alpha value is -2.32. The average molecular weight is 330 g/mol. The minimum absolute atomic E-state index is 0.107. The number of aromatic carboxylic acids is 1. The number of aromatic nitrogens is 4. The van der Waals surface area contributed by atoms with Gasteiger partial charge in [-0.1, -0.05) is 23.2 Å². The van der Waals surface area contributed by atoms with E-state index in [0.29, 0.717) is 0 Å². The van der Waals surface area contributed by atoms with Gasteiger partial charge in [-0.15, -0.1) is 0 Å². The van der Waals surface area contributed by atoms with Crippen LogP contribution in [0.4, 0.5) is 0 Å². The molecular weight excluding hydrogens is 321 g/mol. The molecule has 0 bridgehead atoms. The van der Waals surface area contributed by atoms with Gasteiger partial charge in [0.2, 0.25) is 0 Å². The van der Waals surface area contributed by atoms with Gasteiger partial charge < -0.3 is 10.4 Å². The smallest absolute Gasteiger partial charge is 0.356 e. The van der Waals surface area contributed by atoms with Crippen molar-refractivity contribution in [2.75, 3.05) is 7.05 Å². The molecule has 2 aromatic heterocycles. The van der Waals surface area contributed by atoms with Gasteiger partial charge in [0.15, 0.2) is 5.69 Å². The molecule has 0 aliphatic heterocycles. The number of carbonyl (C=O) groups excluding carboxylic acids is 1. The van der Waals surface area contributed by atoms with Crippen LogP contribution in [0.15, 0.2) is 24.8 Å². The van der Waals surface area contributed by atoms with Gasteiger partial charge in [-0.2, -0.15) is 0 Å². The number of amides is 1. The Morgan fingerprint density at radius 2 is 1.43 bits per heavy atom. The molecule has 0 aromatic carbocycles. The van der Waals surface area contributed by atoms with Gasteiger partial charge in [0.25, 0.3) is 5.91 Å². The van der Waals surface area contributed by atoms with E-state index in [1.807, 2.05) is 0 Å². The van der Waals surface area contributed by atoms with Gasteiger partial charge in [-0.25, -0.2) is 24.7 Å². The zero-order valence-electron chi connectivity index (χ0n) is 10.6. The fourth-order valence-electron chi connectivity index (χ4n) is 0.980. The zero-order valence-corrected chi connectivity index (χ0v) is 12.1. The first kappa shape index (κ1) is 16.7. The maximum atomic E-state index is 10.9. The van der Waals surface area contributed by atoms with Crippen molar-refractivity contribution < 1.29 is 14.7 Å². The van der Waals surface area contributed by atoms with Gasteiger partial charge in [0.1, 0.15) is 16.0 Å². The van der Waals surface area contributed by atoms with E-state index in [2.05, 4.69) is 25.3 Å². The first-order valence-corrected chi connectivity index (χ1v) is 6.10. The Kier molecular flexibility index (Phi) is 6.44. The van der Waals surface area contributed by atoms with E-state index in [9.17, 15) is 9.59 Å². The second-order valence-electron chi connectivity index (χ2n) is 3.33. The fraction of sp³-hybridized carbons (Fsp3) is 0.0909. The molecule has 0 aliphatic carbocycles. The summed E-state index contributed by atoms with van der Waals surface area (Å²) in [6, 6.07) is 0. The summed E-state index contributed by atoms with van der Waals surface area (Å²) in [4.78, 5) is 35.5. The van der Waals surface area contributed by atoms with Crippen LogP contribution in [0.1, 0.15) is 21.0 Å². The predicted octanol–water partition coefficient (Wildman–Crippen LogP) is 1.32. The van der Waals surface area contributed by atoms with Crippen LogP contribution in [0, 0.1) is 0 Å². The molecular formula is C11H9Cl2N5O3. The number of nitrogens with zero attached hydrogens (tertiary/aromatic N) is 4. The first-order chi connectivity index (χ1) is 9.93. The molecule has 0 radical (unpaired) electrons. The van der Waals surface area contributed by atoms with Gasteiger partial charge in [-0.05, 0) is 0 Å². The van der Waals surface area contributed by atoms with Crippen molar-refractivity contribution in [2.24, 2.45) is 0 Å². The monoisotopic (exact) mass is 329 g/mol. The average Bonchev–Trinajstić information content (AvgIpc) is 2.48. The number of halogens is 2. The van der Waals surface area contributed by atoms with E-state index in [1.54, 1.807) is 0 Å². The molecule has 110 valence electrons. The molecule has 0 saturated carbocycles. The molecule has 10 heteroatoms. The first-order valence-electron chi connectivity index (χ1n) is 5.34. The van der Waals surface area contributed by atoms with Crippen molar-refractivity contribution in [3.8, 4) is 0 Å². The van der Waals surface area contributed by atoms with Crippen LogP contribution in [0.25, 0.3) is 0 Å². The summed E-state index contributed by atoms with van der Waals surface area (Å²) in [5, 5.41) is 11.2. The van der Waals surface area contributed by atoms with E-state index in [0.717, 1.165) is 6.20 Å². The molecule has 0 saturated heterocycles. The van der Waals surface area contributed by atoms with Crippen molar-refractivity contribution >= 4 is 35.1 Å². The van der Waals surface area contributed by atoms with E-state index in [4.69, 9.17) is 28.3 Å². The number of carboxylic acids is 1. The zero-order chi connectivity index (χ0) is 15.8.